The largest absolute Gasteiger partial charge is 0.300 e. The summed E-state index contributed by atoms with van der Waals surface area (Å²) >= 11 is 3.52. The van der Waals surface area contributed by atoms with Gasteiger partial charge in [-0.1, -0.05) is 15.9 Å². The van der Waals surface area contributed by atoms with Crippen LogP contribution < -0.4 is 0 Å². The molecule has 2 aromatic heterocycles. The summed E-state index contributed by atoms with van der Waals surface area (Å²) in [7, 11) is -1.78. The van der Waals surface area contributed by atoms with Gasteiger partial charge in [-0.3, -0.25) is 0 Å². The van der Waals surface area contributed by atoms with E-state index in [1.54, 1.807) is 0 Å². The predicted molar refractivity (Wildman–Crippen MR) is 100 cm³/mol. The van der Waals surface area contributed by atoms with E-state index in [0.29, 0.717) is 18.2 Å². The summed E-state index contributed by atoms with van der Waals surface area (Å²) in [6.07, 6.45) is 2.98. The highest BCUT2D eigenvalue weighted by atomic mass is 79.9. The number of aromatic nitrogens is 5. The molecule has 0 fully saturated rings. The van der Waals surface area contributed by atoms with Crippen molar-refractivity contribution in [3.63, 3.8) is 0 Å². The maximum atomic E-state index is 11.7. The second-order valence-electron chi connectivity index (χ2n) is 6.34. The highest BCUT2D eigenvalue weighted by Gasteiger charge is 2.25. The van der Waals surface area contributed by atoms with E-state index < -0.39 is 10.0 Å². The molecule has 0 amide bonds. The number of rotatable bonds is 3. The Balaban J connectivity index is 1.87. The van der Waals surface area contributed by atoms with Crippen LogP contribution in [-0.4, -0.2) is 50.3 Å². The third-order valence-electron chi connectivity index (χ3n) is 4.48. The molecule has 4 rings (SSSR count). The molecule has 0 atom stereocenters. The minimum Gasteiger partial charge on any atom is -0.300 e. The van der Waals surface area contributed by atoms with Gasteiger partial charge >= 0.3 is 0 Å². The number of aryl methyl sites for hydroxylation is 1. The number of sulfonamides is 1. The van der Waals surface area contributed by atoms with Crippen LogP contribution in [0.15, 0.2) is 29.0 Å². The van der Waals surface area contributed by atoms with Gasteiger partial charge in [-0.2, -0.15) is 9.40 Å². The van der Waals surface area contributed by atoms with Crippen molar-refractivity contribution in [1.82, 2.24) is 28.6 Å². The minimum atomic E-state index is -3.30. The Hall–Kier alpha value is -2.04. The van der Waals surface area contributed by atoms with Gasteiger partial charge in [0.25, 0.3) is 0 Å². The molecule has 0 aliphatic carbocycles. The number of hydrogen-bond acceptors (Lipinski definition) is 5. The number of benzene rings is 1. The lowest BCUT2D eigenvalue weighted by Gasteiger charge is -2.11. The molecule has 0 radical (unpaired) electrons. The highest BCUT2D eigenvalue weighted by molar-refractivity contribution is 9.10. The van der Waals surface area contributed by atoms with Crippen LogP contribution >= 0.6 is 15.9 Å². The van der Waals surface area contributed by atoms with Crippen molar-refractivity contribution in [1.29, 1.82) is 0 Å². The molecular formula is C16H17BrN6O2S. The Kier molecular flexibility index (Phi) is 4.01. The molecule has 0 N–H and O–H groups in total. The molecule has 1 aromatic carbocycles. The molecule has 3 heterocycles. The lowest BCUT2D eigenvalue weighted by Crippen LogP contribution is -2.25. The SMILES string of the molecule is Cc1ncn2c1Cn1nc(CN(C)S(C)(=O)=O)nc1-c1cc(Br)ccc1-2. The van der Waals surface area contributed by atoms with Crippen molar-refractivity contribution in [3.05, 3.63) is 46.2 Å². The first-order valence-electron chi connectivity index (χ1n) is 7.92. The predicted octanol–water partition coefficient (Wildman–Crippen LogP) is 1.95. The van der Waals surface area contributed by atoms with Crippen LogP contribution in [0.2, 0.25) is 0 Å². The summed E-state index contributed by atoms with van der Waals surface area (Å²) in [5.41, 5.74) is 3.84. The smallest absolute Gasteiger partial charge is 0.211 e. The molecule has 26 heavy (non-hydrogen) atoms. The van der Waals surface area contributed by atoms with Gasteiger partial charge in [-0.05, 0) is 25.1 Å². The van der Waals surface area contributed by atoms with Crippen LogP contribution in [0.4, 0.5) is 0 Å². The Labute approximate surface area is 159 Å². The van der Waals surface area contributed by atoms with Crippen molar-refractivity contribution >= 4 is 26.0 Å². The summed E-state index contributed by atoms with van der Waals surface area (Å²) in [5.74, 6) is 1.17. The first-order chi connectivity index (χ1) is 12.2. The number of imidazole rings is 1. The van der Waals surface area contributed by atoms with Crippen molar-refractivity contribution < 1.29 is 8.42 Å². The molecule has 0 saturated carbocycles. The van der Waals surface area contributed by atoms with E-state index in [2.05, 4.69) is 35.6 Å². The summed E-state index contributed by atoms with van der Waals surface area (Å²) in [4.78, 5) is 9.05. The van der Waals surface area contributed by atoms with E-state index >= 15 is 0 Å². The Morgan fingerprint density at radius 3 is 2.85 bits per heavy atom. The highest BCUT2D eigenvalue weighted by Crippen LogP contribution is 2.33. The van der Waals surface area contributed by atoms with Gasteiger partial charge in [0, 0.05) is 17.1 Å². The van der Waals surface area contributed by atoms with Gasteiger partial charge in [0.2, 0.25) is 10.0 Å². The summed E-state index contributed by atoms with van der Waals surface area (Å²) in [6.45, 7) is 2.61. The molecule has 8 nitrogen and oxygen atoms in total. The van der Waals surface area contributed by atoms with E-state index in [1.807, 2.05) is 36.1 Å². The van der Waals surface area contributed by atoms with Crippen molar-refractivity contribution in [2.75, 3.05) is 13.3 Å². The maximum absolute atomic E-state index is 11.7. The zero-order valence-corrected chi connectivity index (χ0v) is 16.9. The molecule has 3 aromatic rings. The van der Waals surface area contributed by atoms with Gasteiger partial charge in [0.05, 0.1) is 42.7 Å². The lowest BCUT2D eigenvalue weighted by molar-refractivity contribution is 0.459. The Morgan fingerprint density at radius 1 is 1.35 bits per heavy atom. The third kappa shape index (κ3) is 2.87. The van der Waals surface area contributed by atoms with Crippen molar-refractivity contribution in [2.45, 2.75) is 20.0 Å². The molecule has 136 valence electrons. The molecule has 0 unspecified atom stereocenters. The Morgan fingerprint density at radius 2 is 2.12 bits per heavy atom. The van der Waals surface area contributed by atoms with Crippen LogP contribution in [0.1, 0.15) is 17.2 Å². The van der Waals surface area contributed by atoms with Crippen molar-refractivity contribution in [2.24, 2.45) is 0 Å². The number of hydrogen-bond donors (Lipinski definition) is 0. The fourth-order valence-electron chi connectivity index (χ4n) is 2.98. The van der Waals surface area contributed by atoms with Gasteiger partial charge < -0.3 is 4.57 Å². The summed E-state index contributed by atoms with van der Waals surface area (Å²) in [5, 5.41) is 4.56. The van der Waals surface area contributed by atoms with E-state index in [1.165, 1.54) is 17.6 Å². The standard InChI is InChI=1S/C16H17BrN6O2S/c1-10-14-7-23-16(19-15(20-23)8-21(2)26(3,24)25)12-6-11(17)4-5-13(12)22(14)9-18-10/h4-6,9H,7-8H2,1-3H3. The summed E-state index contributed by atoms with van der Waals surface area (Å²) < 4.78 is 29.4. The maximum Gasteiger partial charge on any atom is 0.211 e. The van der Waals surface area contributed by atoms with Crippen LogP contribution in [-0.2, 0) is 23.1 Å². The second kappa shape index (κ2) is 6.00. The van der Waals surface area contributed by atoms with E-state index in [0.717, 1.165) is 27.1 Å². The number of nitrogens with zero attached hydrogens (tertiary/aromatic N) is 6. The average Bonchev–Trinajstić information content (AvgIpc) is 3.08. The lowest BCUT2D eigenvalue weighted by atomic mass is 10.1. The van der Waals surface area contributed by atoms with Crippen LogP contribution in [0, 0.1) is 6.92 Å². The molecule has 1 aliphatic rings. The van der Waals surface area contributed by atoms with E-state index in [9.17, 15) is 8.42 Å². The van der Waals surface area contributed by atoms with E-state index in [4.69, 9.17) is 0 Å². The zero-order chi connectivity index (χ0) is 18.6. The van der Waals surface area contributed by atoms with Gasteiger partial charge in [0.15, 0.2) is 11.6 Å². The van der Waals surface area contributed by atoms with Gasteiger partial charge in [0.1, 0.15) is 0 Å². The quantitative estimate of drug-likeness (QED) is 0.489. The Bertz CT molecular complexity index is 1120. The monoisotopic (exact) mass is 436 g/mol. The summed E-state index contributed by atoms with van der Waals surface area (Å²) in [6, 6.07) is 5.98. The minimum absolute atomic E-state index is 0.125. The molecule has 10 heteroatoms. The normalized spacial score (nSPS) is 13.3. The molecular weight excluding hydrogens is 420 g/mol. The fourth-order valence-corrected chi connectivity index (χ4v) is 3.69. The zero-order valence-electron chi connectivity index (χ0n) is 14.5. The van der Waals surface area contributed by atoms with E-state index in [-0.39, 0.29) is 6.54 Å². The molecule has 1 aliphatic heterocycles. The average molecular weight is 437 g/mol. The first kappa shape index (κ1) is 17.4. The number of halogens is 1. The van der Waals surface area contributed by atoms with Gasteiger partial charge in [-0.15, -0.1) is 0 Å². The van der Waals surface area contributed by atoms with Crippen LogP contribution in [0.3, 0.4) is 0 Å². The molecule has 0 bridgehead atoms. The van der Waals surface area contributed by atoms with Crippen LogP contribution in [0.5, 0.6) is 0 Å². The first-order valence-corrected chi connectivity index (χ1v) is 10.6. The van der Waals surface area contributed by atoms with Crippen molar-refractivity contribution in [3.8, 4) is 17.1 Å². The molecule has 0 spiro atoms. The van der Waals surface area contributed by atoms with Crippen LogP contribution in [0.25, 0.3) is 17.1 Å². The topological polar surface area (TPSA) is 85.9 Å². The fraction of sp³-hybridized carbons (Fsp3) is 0.312. The second-order valence-corrected chi connectivity index (χ2v) is 9.34. The number of fused-ring (bicyclic) bond motifs is 5. The van der Waals surface area contributed by atoms with Gasteiger partial charge in [-0.25, -0.2) is 23.1 Å². The molecule has 0 saturated heterocycles. The third-order valence-corrected chi connectivity index (χ3v) is 6.23.